The fourth-order valence-electron chi connectivity index (χ4n) is 4.81. The maximum Gasteiger partial charge on any atom is 0.433 e. The zero-order valence-corrected chi connectivity index (χ0v) is 21.7. The number of aromatic nitrogens is 4. The lowest BCUT2D eigenvalue weighted by Gasteiger charge is -2.25. The van der Waals surface area contributed by atoms with Gasteiger partial charge in [0, 0.05) is 30.4 Å². The van der Waals surface area contributed by atoms with Gasteiger partial charge in [0.25, 0.3) is 0 Å². The van der Waals surface area contributed by atoms with Crippen molar-refractivity contribution in [2.45, 2.75) is 71.4 Å². The number of nitrogens with zero attached hydrogens (tertiary/aromatic N) is 5. The number of ether oxygens (including phenoxy) is 1. The monoisotopic (exact) mass is 512 g/mol. The summed E-state index contributed by atoms with van der Waals surface area (Å²) < 4.78 is 8.20. The first kappa shape index (κ1) is 26.0. The van der Waals surface area contributed by atoms with Crippen molar-refractivity contribution in [2.75, 3.05) is 6.61 Å². The van der Waals surface area contributed by atoms with E-state index in [-0.39, 0.29) is 23.6 Å². The van der Waals surface area contributed by atoms with Gasteiger partial charge in [-0.2, -0.15) is 4.99 Å². The number of pyridine rings is 2. The molecule has 36 heavy (non-hydrogen) atoms. The number of amides is 1. The number of hydrogen-bond acceptors (Lipinski definition) is 5. The zero-order valence-electron chi connectivity index (χ0n) is 20.9. The summed E-state index contributed by atoms with van der Waals surface area (Å²) in [7, 11) is 0. The standard InChI is InChI=1S/C26H33ClN6O3/c1-15(2)36-14-16(3)25-31-20-10-21(24(28)32-26(34)35)30-22(18-9-19(27)12-29-11-18)23(20)33(25)13-17-7-5-4-6-8-17/h9-12,15-17H,4-8,13-14H2,1-3H3,(H2,28,32)(H,34,35). The number of nitrogens with two attached hydrogens (primary N) is 1. The summed E-state index contributed by atoms with van der Waals surface area (Å²) in [5.74, 6) is 1.28. The molecule has 10 heteroatoms. The van der Waals surface area contributed by atoms with Crippen LogP contribution in [0.3, 0.4) is 0 Å². The minimum atomic E-state index is -1.39. The predicted molar refractivity (Wildman–Crippen MR) is 141 cm³/mol. The molecule has 1 saturated carbocycles. The van der Waals surface area contributed by atoms with Gasteiger partial charge in [-0.25, -0.2) is 14.8 Å². The second-order valence-corrected chi connectivity index (χ2v) is 10.2. The molecule has 0 aliphatic heterocycles. The smallest absolute Gasteiger partial charge is 0.433 e. The molecule has 3 aromatic rings. The van der Waals surface area contributed by atoms with Gasteiger partial charge in [-0.05, 0) is 44.7 Å². The fraction of sp³-hybridized carbons (Fsp3) is 0.500. The van der Waals surface area contributed by atoms with Crippen LogP contribution in [0.2, 0.25) is 5.02 Å². The van der Waals surface area contributed by atoms with E-state index in [0.29, 0.717) is 34.3 Å². The Morgan fingerprint density at radius 1 is 1.22 bits per heavy atom. The Kier molecular flexibility index (Phi) is 8.21. The third kappa shape index (κ3) is 6.02. The maximum atomic E-state index is 11.2. The number of hydrogen-bond donors (Lipinski definition) is 2. The van der Waals surface area contributed by atoms with Crippen molar-refractivity contribution in [3.05, 3.63) is 41.1 Å². The van der Waals surface area contributed by atoms with Gasteiger partial charge in [0.05, 0.1) is 34.5 Å². The molecule has 4 rings (SSSR count). The molecular weight excluding hydrogens is 480 g/mol. The lowest BCUT2D eigenvalue weighted by molar-refractivity contribution is 0.0682. The van der Waals surface area contributed by atoms with Crippen molar-refractivity contribution in [1.82, 2.24) is 19.5 Å². The van der Waals surface area contributed by atoms with Crippen molar-refractivity contribution in [1.29, 1.82) is 0 Å². The highest BCUT2D eigenvalue weighted by Gasteiger charge is 2.25. The van der Waals surface area contributed by atoms with E-state index in [1.54, 1.807) is 24.5 Å². The van der Waals surface area contributed by atoms with Gasteiger partial charge in [-0.15, -0.1) is 0 Å². The van der Waals surface area contributed by atoms with Crippen LogP contribution < -0.4 is 5.73 Å². The van der Waals surface area contributed by atoms with Crippen molar-refractivity contribution in [2.24, 2.45) is 16.6 Å². The van der Waals surface area contributed by atoms with E-state index in [0.717, 1.165) is 17.9 Å². The van der Waals surface area contributed by atoms with Crippen molar-refractivity contribution in [3.8, 4) is 11.3 Å². The molecule has 1 amide bonds. The van der Waals surface area contributed by atoms with Crippen LogP contribution in [0.25, 0.3) is 22.3 Å². The minimum Gasteiger partial charge on any atom is -0.463 e. The Morgan fingerprint density at radius 3 is 2.64 bits per heavy atom. The van der Waals surface area contributed by atoms with E-state index in [1.165, 1.54) is 32.1 Å². The molecule has 0 bridgehead atoms. The molecule has 1 unspecified atom stereocenters. The molecule has 0 aromatic carbocycles. The topological polar surface area (TPSA) is 129 Å². The molecule has 0 saturated heterocycles. The quantitative estimate of drug-likeness (QED) is 0.295. The van der Waals surface area contributed by atoms with Crippen molar-refractivity contribution < 1.29 is 14.6 Å². The van der Waals surface area contributed by atoms with E-state index in [2.05, 4.69) is 21.5 Å². The van der Waals surface area contributed by atoms with E-state index in [9.17, 15) is 4.79 Å². The molecule has 1 aliphatic carbocycles. The Balaban J connectivity index is 1.94. The van der Waals surface area contributed by atoms with Gasteiger partial charge < -0.3 is 20.1 Å². The average Bonchev–Trinajstić information content (AvgIpc) is 3.20. The molecule has 1 aliphatic rings. The second-order valence-electron chi connectivity index (χ2n) is 9.76. The summed E-state index contributed by atoms with van der Waals surface area (Å²) in [6, 6.07) is 3.49. The highest BCUT2D eigenvalue weighted by Crippen LogP contribution is 2.34. The van der Waals surface area contributed by atoms with Crippen molar-refractivity contribution in [3.63, 3.8) is 0 Å². The summed E-state index contributed by atoms with van der Waals surface area (Å²) in [4.78, 5) is 28.7. The summed E-state index contributed by atoms with van der Waals surface area (Å²) in [5, 5.41) is 9.60. The number of halogens is 1. The molecule has 0 radical (unpaired) electrons. The van der Waals surface area contributed by atoms with Gasteiger partial charge in [0.2, 0.25) is 0 Å². The maximum absolute atomic E-state index is 11.2. The number of carbonyl (C=O) groups is 1. The first-order chi connectivity index (χ1) is 17.2. The van der Waals surface area contributed by atoms with E-state index >= 15 is 0 Å². The van der Waals surface area contributed by atoms with Crippen molar-refractivity contribution >= 4 is 34.6 Å². The molecule has 3 aromatic heterocycles. The Bertz CT molecular complexity index is 1270. The SMILES string of the molecule is CC(C)OCC(C)c1nc2cc(/C(N)=N/C(=O)O)nc(-c3cncc(Cl)c3)c2n1CC1CCCCC1. The van der Waals surface area contributed by atoms with Crippen LogP contribution in [0, 0.1) is 5.92 Å². The first-order valence-electron chi connectivity index (χ1n) is 12.4. The molecule has 9 nitrogen and oxygen atoms in total. The summed E-state index contributed by atoms with van der Waals surface area (Å²) in [5.41, 5.74) is 9.05. The third-order valence-corrected chi connectivity index (χ3v) is 6.70. The zero-order chi connectivity index (χ0) is 25.8. The predicted octanol–water partition coefficient (Wildman–Crippen LogP) is 5.64. The number of amidine groups is 1. The van der Waals surface area contributed by atoms with Crippen LogP contribution in [0.4, 0.5) is 4.79 Å². The lowest BCUT2D eigenvalue weighted by atomic mass is 9.89. The number of imidazole rings is 1. The summed E-state index contributed by atoms with van der Waals surface area (Å²) in [6.45, 7) is 7.49. The largest absolute Gasteiger partial charge is 0.463 e. The van der Waals surface area contributed by atoms with Gasteiger partial charge in [0.15, 0.2) is 5.84 Å². The van der Waals surface area contributed by atoms with Gasteiger partial charge in [0.1, 0.15) is 11.5 Å². The molecule has 1 fully saturated rings. The molecule has 0 spiro atoms. The molecular formula is C26H33ClN6O3. The first-order valence-corrected chi connectivity index (χ1v) is 12.8. The van der Waals surface area contributed by atoms with Crippen LogP contribution in [0.15, 0.2) is 29.5 Å². The Hall–Kier alpha value is -3.04. The highest BCUT2D eigenvalue weighted by molar-refractivity contribution is 6.30. The van der Waals surface area contributed by atoms with Crippen LogP contribution >= 0.6 is 11.6 Å². The number of rotatable bonds is 8. The fourth-order valence-corrected chi connectivity index (χ4v) is 4.98. The number of carboxylic acid groups (broad SMARTS) is 1. The average molecular weight is 513 g/mol. The number of aliphatic imine (C=N–C) groups is 1. The van der Waals surface area contributed by atoms with Gasteiger partial charge >= 0.3 is 6.09 Å². The van der Waals surface area contributed by atoms with Crippen LogP contribution in [0.1, 0.15) is 70.3 Å². The highest BCUT2D eigenvalue weighted by atomic mass is 35.5. The molecule has 1 atom stereocenters. The third-order valence-electron chi connectivity index (χ3n) is 6.50. The van der Waals surface area contributed by atoms with Gasteiger partial charge in [-0.3, -0.25) is 4.98 Å². The van der Waals surface area contributed by atoms with E-state index in [1.807, 2.05) is 13.8 Å². The summed E-state index contributed by atoms with van der Waals surface area (Å²) >= 11 is 6.28. The lowest BCUT2D eigenvalue weighted by Crippen LogP contribution is -2.20. The molecule has 3 heterocycles. The number of fused-ring (bicyclic) bond motifs is 1. The van der Waals surface area contributed by atoms with Crippen LogP contribution in [-0.4, -0.2) is 49.3 Å². The van der Waals surface area contributed by atoms with Crippen LogP contribution in [0.5, 0.6) is 0 Å². The Morgan fingerprint density at radius 2 is 1.97 bits per heavy atom. The van der Waals surface area contributed by atoms with E-state index in [4.69, 9.17) is 37.1 Å². The Labute approximate surface area is 215 Å². The summed E-state index contributed by atoms with van der Waals surface area (Å²) in [6.07, 6.45) is 8.05. The normalized spacial score (nSPS) is 16.1. The van der Waals surface area contributed by atoms with E-state index < -0.39 is 6.09 Å². The van der Waals surface area contributed by atoms with Gasteiger partial charge in [-0.1, -0.05) is 37.8 Å². The van der Waals surface area contributed by atoms with Crippen LogP contribution in [-0.2, 0) is 11.3 Å². The minimum absolute atomic E-state index is 0.0298. The second kappa shape index (κ2) is 11.3. The molecule has 3 N–H and O–H groups in total. The molecule has 192 valence electrons.